The van der Waals surface area contributed by atoms with Crippen molar-refractivity contribution in [3.63, 3.8) is 0 Å². The third kappa shape index (κ3) is 4.64. The van der Waals surface area contributed by atoms with E-state index in [0.717, 1.165) is 51.3 Å². The number of nitrogens with zero attached hydrogens (tertiary/aromatic N) is 3. The van der Waals surface area contributed by atoms with Crippen LogP contribution in [-0.2, 0) is 0 Å². The summed E-state index contributed by atoms with van der Waals surface area (Å²) in [6.45, 7) is 3.12. The lowest BCUT2D eigenvalue weighted by atomic mass is 9.93. The van der Waals surface area contributed by atoms with Crippen LogP contribution < -0.4 is 10.1 Å². The van der Waals surface area contributed by atoms with Crippen molar-refractivity contribution < 1.29 is 9.15 Å². The fourth-order valence-electron chi connectivity index (χ4n) is 4.62. The lowest BCUT2D eigenvalue weighted by Gasteiger charge is -2.28. The van der Waals surface area contributed by atoms with E-state index < -0.39 is 0 Å². The molecule has 0 aliphatic carbocycles. The first kappa shape index (κ1) is 21.3. The van der Waals surface area contributed by atoms with Gasteiger partial charge in [0.25, 0.3) is 0 Å². The number of piperidine rings is 1. The summed E-state index contributed by atoms with van der Waals surface area (Å²) >= 11 is 0. The molecule has 33 heavy (non-hydrogen) atoms. The van der Waals surface area contributed by atoms with Gasteiger partial charge >= 0.3 is 0 Å². The summed E-state index contributed by atoms with van der Waals surface area (Å²) in [5.41, 5.74) is 3.57. The molecule has 0 amide bonds. The molecule has 2 aromatic heterocycles. The molecule has 0 radical (unpaired) electrons. The summed E-state index contributed by atoms with van der Waals surface area (Å²) in [4.78, 5) is 6.91. The smallest absolute Gasteiger partial charge is 0.157 e. The Morgan fingerprint density at radius 2 is 2.09 bits per heavy atom. The fourth-order valence-corrected chi connectivity index (χ4v) is 4.62. The third-order valence-electron chi connectivity index (χ3n) is 6.56. The molecule has 6 nitrogen and oxygen atoms in total. The zero-order valence-corrected chi connectivity index (χ0v) is 18.9. The topological polar surface area (TPSA) is 74.3 Å². The summed E-state index contributed by atoms with van der Waals surface area (Å²) in [7, 11) is 2.20. The Bertz CT molecular complexity index is 1300. The molecule has 0 spiro atoms. The van der Waals surface area contributed by atoms with Gasteiger partial charge in [-0.25, -0.2) is 0 Å². The number of para-hydroxylation sites is 1. The Hall–Kier alpha value is -3.56. The quantitative estimate of drug-likeness (QED) is 0.350. The van der Waals surface area contributed by atoms with Crippen molar-refractivity contribution in [2.75, 3.05) is 32.1 Å². The molecule has 1 aliphatic heterocycles. The number of likely N-dealkylation sites (tertiary alicyclic amines) is 1. The van der Waals surface area contributed by atoms with E-state index in [4.69, 9.17) is 9.15 Å². The van der Waals surface area contributed by atoms with E-state index in [9.17, 15) is 5.26 Å². The van der Waals surface area contributed by atoms with E-state index in [2.05, 4.69) is 28.3 Å². The van der Waals surface area contributed by atoms with Crippen molar-refractivity contribution in [3.8, 4) is 11.8 Å². The summed E-state index contributed by atoms with van der Waals surface area (Å²) < 4.78 is 11.7. The number of nitriles is 1. The van der Waals surface area contributed by atoms with Gasteiger partial charge in [0.15, 0.2) is 5.58 Å². The van der Waals surface area contributed by atoms with E-state index in [1.54, 1.807) is 12.5 Å². The van der Waals surface area contributed by atoms with E-state index in [1.807, 2.05) is 42.5 Å². The van der Waals surface area contributed by atoms with Gasteiger partial charge in [0.2, 0.25) is 0 Å². The normalized spacial score (nSPS) is 15.0. The van der Waals surface area contributed by atoms with E-state index in [-0.39, 0.29) is 0 Å². The highest BCUT2D eigenvalue weighted by Gasteiger charge is 2.16. The van der Waals surface area contributed by atoms with Crippen LogP contribution in [-0.4, -0.2) is 36.6 Å². The predicted molar refractivity (Wildman–Crippen MR) is 131 cm³/mol. The van der Waals surface area contributed by atoms with Crippen molar-refractivity contribution in [1.82, 2.24) is 9.88 Å². The van der Waals surface area contributed by atoms with Crippen molar-refractivity contribution >= 4 is 33.2 Å². The Morgan fingerprint density at radius 1 is 1.21 bits per heavy atom. The molecule has 0 bridgehead atoms. The van der Waals surface area contributed by atoms with Gasteiger partial charge in [-0.2, -0.15) is 5.26 Å². The molecule has 0 saturated carbocycles. The summed E-state index contributed by atoms with van der Waals surface area (Å²) in [6, 6.07) is 16.0. The zero-order valence-electron chi connectivity index (χ0n) is 18.9. The third-order valence-corrected chi connectivity index (χ3v) is 6.56. The van der Waals surface area contributed by atoms with Crippen molar-refractivity contribution in [3.05, 3.63) is 60.5 Å². The highest BCUT2D eigenvalue weighted by atomic mass is 16.5. The first-order valence-electron chi connectivity index (χ1n) is 11.6. The number of pyridine rings is 1. The first-order valence-corrected chi connectivity index (χ1v) is 11.6. The Kier molecular flexibility index (Phi) is 6.14. The van der Waals surface area contributed by atoms with Gasteiger partial charge in [-0.3, -0.25) is 4.98 Å². The summed E-state index contributed by atoms with van der Waals surface area (Å²) in [6.07, 6.45) is 8.14. The van der Waals surface area contributed by atoms with Crippen LogP contribution in [0.4, 0.5) is 11.4 Å². The van der Waals surface area contributed by atoms with Gasteiger partial charge in [-0.1, -0.05) is 12.1 Å². The van der Waals surface area contributed by atoms with Crippen molar-refractivity contribution in [2.24, 2.45) is 5.92 Å². The number of ether oxygens (including phenoxy) is 1. The predicted octanol–water partition coefficient (Wildman–Crippen LogP) is 6.10. The zero-order chi connectivity index (χ0) is 22.6. The number of rotatable bonds is 7. The molecule has 1 N–H and O–H groups in total. The highest BCUT2D eigenvalue weighted by Crippen LogP contribution is 2.34. The average Bonchev–Trinajstić information content (AvgIpc) is 3.33. The highest BCUT2D eigenvalue weighted by molar-refractivity contribution is 5.99. The van der Waals surface area contributed by atoms with Crippen LogP contribution in [0.3, 0.4) is 0 Å². The monoisotopic (exact) mass is 440 g/mol. The number of fused-ring (bicyclic) bond motifs is 2. The van der Waals surface area contributed by atoms with Crippen LogP contribution in [0.1, 0.15) is 31.2 Å². The number of nitrogens with one attached hydrogen (secondary N) is 1. The van der Waals surface area contributed by atoms with E-state index >= 15 is 0 Å². The molecular weight excluding hydrogens is 412 g/mol. The van der Waals surface area contributed by atoms with Crippen molar-refractivity contribution in [2.45, 2.75) is 25.7 Å². The maximum Gasteiger partial charge on any atom is 0.157 e. The van der Waals surface area contributed by atoms with Crippen molar-refractivity contribution in [1.29, 1.82) is 5.26 Å². The minimum Gasteiger partial charge on any atom is -0.494 e. The molecule has 3 heterocycles. The number of hydrogen-bond acceptors (Lipinski definition) is 6. The summed E-state index contributed by atoms with van der Waals surface area (Å²) in [5.74, 6) is 1.63. The molecule has 0 atom stereocenters. The van der Waals surface area contributed by atoms with E-state index in [0.29, 0.717) is 12.2 Å². The van der Waals surface area contributed by atoms with Crippen LogP contribution in [0.25, 0.3) is 21.9 Å². The first-order chi connectivity index (χ1) is 16.2. The Morgan fingerprint density at radius 3 is 2.94 bits per heavy atom. The van der Waals surface area contributed by atoms with Gasteiger partial charge in [-0.05, 0) is 76.0 Å². The number of aromatic nitrogens is 1. The fraction of sp³-hybridized carbons (Fsp3) is 0.333. The molecule has 4 aromatic rings. The second kappa shape index (κ2) is 9.51. The van der Waals surface area contributed by atoms with Crippen LogP contribution >= 0.6 is 0 Å². The molecule has 0 unspecified atom stereocenters. The van der Waals surface area contributed by atoms with Crippen LogP contribution in [0.5, 0.6) is 5.75 Å². The van der Waals surface area contributed by atoms with Crippen LogP contribution in [0.2, 0.25) is 0 Å². The molecule has 1 fully saturated rings. The molecule has 168 valence electrons. The number of benzene rings is 2. The summed E-state index contributed by atoms with van der Waals surface area (Å²) in [5, 5.41) is 15.0. The van der Waals surface area contributed by atoms with Gasteiger partial charge in [-0.15, -0.1) is 0 Å². The Balaban J connectivity index is 1.31. The molecule has 1 aliphatic rings. The lowest BCUT2D eigenvalue weighted by Crippen LogP contribution is -2.30. The molecule has 1 saturated heterocycles. The van der Waals surface area contributed by atoms with Gasteiger partial charge < -0.3 is 19.4 Å². The largest absolute Gasteiger partial charge is 0.494 e. The number of anilines is 2. The minimum atomic E-state index is 0.484. The molecule has 5 rings (SSSR count). The van der Waals surface area contributed by atoms with Gasteiger partial charge in [0, 0.05) is 23.0 Å². The molecular formula is C27H28N4O2. The van der Waals surface area contributed by atoms with Gasteiger partial charge in [0.1, 0.15) is 11.8 Å². The van der Waals surface area contributed by atoms with Crippen LogP contribution in [0.15, 0.2) is 59.3 Å². The Labute approximate surface area is 193 Å². The second-order valence-corrected chi connectivity index (χ2v) is 8.84. The second-order valence-electron chi connectivity index (χ2n) is 8.84. The number of furan rings is 1. The molecule has 6 heteroatoms. The molecule has 2 aromatic carbocycles. The van der Waals surface area contributed by atoms with E-state index in [1.165, 1.54) is 32.4 Å². The maximum absolute atomic E-state index is 9.67. The standard InChI is InChI=1S/C27H28N4O2/c1-31-12-9-19(10-13-31)4-3-14-32-22-7-8-23-25(16-22)29-18-21(17-28)26(23)30-24-6-2-5-20-11-15-33-27(20)24/h2,5-8,11,15-16,18-19H,3-4,9-10,12-14H2,1H3,(H,29,30). The maximum atomic E-state index is 9.67. The SMILES string of the molecule is CN1CCC(CCCOc2ccc3c(Nc4cccc5ccoc45)c(C#N)cnc3c2)CC1. The number of hydrogen-bond donors (Lipinski definition) is 1. The van der Waals surface area contributed by atoms with Gasteiger partial charge in [0.05, 0.1) is 35.3 Å². The average molecular weight is 441 g/mol. The lowest BCUT2D eigenvalue weighted by molar-refractivity contribution is 0.200. The van der Waals surface area contributed by atoms with Crippen LogP contribution in [0, 0.1) is 17.2 Å². The minimum absolute atomic E-state index is 0.484.